The lowest BCUT2D eigenvalue weighted by Gasteiger charge is -2.19. The molecule has 1 rings (SSSR count). The summed E-state index contributed by atoms with van der Waals surface area (Å²) >= 11 is 0. The smallest absolute Gasteiger partial charge is 0.0271 e. The molecular formula is C18H30N2. The third kappa shape index (κ3) is 5.79. The lowest BCUT2D eigenvalue weighted by atomic mass is 9.95. The average molecular weight is 274 g/mol. The van der Waals surface area contributed by atoms with E-state index in [2.05, 4.69) is 75.9 Å². The average Bonchev–Trinajstić information content (AvgIpc) is 2.37. The van der Waals surface area contributed by atoms with Gasteiger partial charge in [0.1, 0.15) is 0 Å². The maximum Gasteiger partial charge on any atom is 0.0271 e. The van der Waals surface area contributed by atoms with Crippen molar-refractivity contribution in [2.45, 2.75) is 33.1 Å². The van der Waals surface area contributed by atoms with E-state index in [0.29, 0.717) is 11.8 Å². The van der Waals surface area contributed by atoms with Crippen molar-refractivity contribution in [1.29, 1.82) is 0 Å². The molecule has 2 heteroatoms. The second-order valence-electron chi connectivity index (χ2n) is 6.32. The molecule has 1 unspecified atom stereocenters. The van der Waals surface area contributed by atoms with Gasteiger partial charge in [-0.15, -0.1) is 0 Å². The van der Waals surface area contributed by atoms with Crippen LogP contribution in [0.3, 0.4) is 0 Å². The molecule has 1 atom stereocenters. The molecule has 112 valence electrons. The van der Waals surface area contributed by atoms with Crippen LogP contribution < -0.4 is 5.32 Å². The number of allylic oxidation sites excluding steroid dienone is 1. The summed E-state index contributed by atoms with van der Waals surface area (Å²) in [6, 6.07) is 8.97. The van der Waals surface area contributed by atoms with Crippen molar-refractivity contribution in [3.63, 3.8) is 0 Å². The topological polar surface area (TPSA) is 15.3 Å². The second kappa shape index (κ2) is 8.11. The summed E-state index contributed by atoms with van der Waals surface area (Å²) < 4.78 is 0. The molecule has 2 nitrogen and oxygen atoms in total. The normalized spacial score (nSPS) is 12.8. The standard InChI is InChI=1S/C18H30N2/c1-14(2)13-17-7-9-18(10-8-17)15(3)16(4)19-11-12-20(5)6/h7-10,14-15,19H,4,11-13H2,1-3,5-6H3. The fraction of sp³-hybridized carbons (Fsp3) is 0.556. The van der Waals surface area contributed by atoms with Gasteiger partial charge in [0.05, 0.1) is 0 Å². The Kier molecular flexibility index (Phi) is 6.80. The Hall–Kier alpha value is -1.28. The van der Waals surface area contributed by atoms with Crippen LogP contribution in [0.2, 0.25) is 0 Å². The molecule has 0 aromatic heterocycles. The Morgan fingerprint density at radius 1 is 1.15 bits per heavy atom. The zero-order valence-electron chi connectivity index (χ0n) is 13.7. The van der Waals surface area contributed by atoms with Gasteiger partial charge in [-0.3, -0.25) is 0 Å². The molecular weight excluding hydrogens is 244 g/mol. The van der Waals surface area contributed by atoms with Gasteiger partial charge in [0.25, 0.3) is 0 Å². The van der Waals surface area contributed by atoms with E-state index in [1.54, 1.807) is 0 Å². The van der Waals surface area contributed by atoms with Crippen molar-refractivity contribution in [2.24, 2.45) is 5.92 Å². The molecule has 0 fully saturated rings. The molecule has 0 bridgehead atoms. The number of rotatable bonds is 8. The van der Waals surface area contributed by atoms with Crippen LogP contribution in [0.25, 0.3) is 0 Å². The number of hydrogen-bond donors (Lipinski definition) is 1. The Balaban J connectivity index is 2.53. The minimum absolute atomic E-state index is 0.352. The van der Waals surface area contributed by atoms with Gasteiger partial charge in [-0.2, -0.15) is 0 Å². The summed E-state index contributed by atoms with van der Waals surface area (Å²) in [5, 5.41) is 3.42. The first-order valence-corrected chi connectivity index (χ1v) is 7.56. The summed E-state index contributed by atoms with van der Waals surface area (Å²) in [7, 11) is 4.17. The first kappa shape index (κ1) is 16.8. The van der Waals surface area contributed by atoms with Crippen LogP contribution in [0, 0.1) is 5.92 Å². The predicted octanol–water partition coefficient (Wildman–Crippen LogP) is 3.65. The largest absolute Gasteiger partial charge is 0.387 e. The molecule has 0 aliphatic rings. The second-order valence-corrected chi connectivity index (χ2v) is 6.32. The van der Waals surface area contributed by atoms with E-state index < -0.39 is 0 Å². The third-order valence-corrected chi connectivity index (χ3v) is 3.56. The Morgan fingerprint density at radius 3 is 2.25 bits per heavy atom. The Labute approximate surface area is 124 Å². The Bertz CT molecular complexity index is 404. The van der Waals surface area contributed by atoms with Gasteiger partial charge in [-0.05, 0) is 37.6 Å². The van der Waals surface area contributed by atoms with E-state index in [1.165, 1.54) is 11.1 Å². The van der Waals surface area contributed by atoms with Crippen LogP contribution in [0.4, 0.5) is 0 Å². The minimum Gasteiger partial charge on any atom is -0.387 e. The van der Waals surface area contributed by atoms with Gasteiger partial charge in [0.2, 0.25) is 0 Å². The van der Waals surface area contributed by atoms with Crippen LogP contribution >= 0.6 is 0 Å². The first-order valence-electron chi connectivity index (χ1n) is 7.56. The van der Waals surface area contributed by atoms with E-state index >= 15 is 0 Å². The van der Waals surface area contributed by atoms with Gasteiger partial charge in [0, 0.05) is 24.7 Å². The molecule has 0 amide bonds. The molecule has 0 spiro atoms. The third-order valence-electron chi connectivity index (χ3n) is 3.56. The summed E-state index contributed by atoms with van der Waals surface area (Å²) in [5.41, 5.74) is 3.85. The van der Waals surface area contributed by atoms with Crippen molar-refractivity contribution in [2.75, 3.05) is 27.2 Å². The molecule has 0 radical (unpaired) electrons. The summed E-state index contributed by atoms with van der Waals surface area (Å²) in [6.07, 6.45) is 1.15. The quantitative estimate of drug-likeness (QED) is 0.778. The molecule has 0 saturated carbocycles. The number of nitrogens with one attached hydrogen (secondary N) is 1. The number of likely N-dealkylation sites (N-methyl/N-ethyl adjacent to an activating group) is 1. The molecule has 0 aliphatic carbocycles. The summed E-state index contributed by atoms with van der Waals surface area (Å²) in [6.45, 7) is 12.9. The van der Waals surface area contributed by atoms with E-state index in [-0.39, 0.29) is 0 Å². The maximum absolute atomic E-state index is 4.17. The van der Waals surface area contributed by atoms with Crippen LogP contribution in [-0.4, -0.2) is 32.1 Å². The minimum atomic E-state index is 0.352. The molecule has 0 aliphatic heterocycles. The highest BCUT2D eigenvalue weighted by molar-refractivity contribution is 5.29. The van der Waals surface area contributed by atoms with Crippen molar-refractivity contribution >= 4 is 0 Å². The van der Waals surface area contributed by atoms with Crippen LogP contribution in [0.1, 0.15) is 37.8 Å². The van der Waals surface area contributed by atoms with Crippen molar-refractivity contribution in [3.8, 4) is 0 Å². The van der Waals surface area contributed by atoms with E-state index in [0.717, 1.165) is 25.2 Å². The first-order chi connectivity index (χ1) is 9.40. The monoisotopic (exact) mass is 274 g/mol. The lowest BCUT2D eigenvalue weighted by molar-refractivity contribution is 0.406. The number of nitrogens with zero attached hydrogens (tertiary/aromatic N) is 1. The highest BCUT2D eigenvalue weighted by Crippen LogP contribution is 2.21. The number of hydrogen-bond acceptors (Lipinski definition) is 2. The van der Waals surface area contributed by atoms with E-state index in [1.807, 2.05) is 0 Å². The van der Waals surface area contributed by atoms with Gasteiger partial charge in [-0.1, -0.05) is 51.6 Å². The predicted molar refractivity (Wildman–Crippen MR) is 89.1 cm³/mol. The van der Waals surface area contributed by atoms with Crippen molar-refractivity contribution < 1.29 is 0 Å². The Morgan fingerprint density at radius 2 is 1.75 bits per heavy atom. The summed E-state index contributed by atoms with van der Waals surface area (Å²) in [4.78, 5) is 2.17. The fourth-order valence-electron chi connectivity index (χ4n) is 2.21. The molecule has 1 aromatic carbocycles. The van der Waals surface area contributed by atoms with Gasteiger partial charge < -0.3 is 10.2 Å². The van der Waals surface area contributed by atoms with Crippen LogP contribution in [-0.2, 0) is 6.42 Å². The van der Waals surface area contributed by atoms with E-state index in [9.17, 15) is 0 Å². The number of benzene rings is 1. The molecule has 1 N–H and O–H groups in total. The van der Waals surface area contributed by atoms with E-state index in [4.69, 9.17) is 0 Å². The molecule has 0 saturated heterocycles. The lowest BCUT2D eigenvalue weighted by Crippen LogP contribution is -2.27. The van der Waals surface area contributed by atoms with Gasteiger partial charge in [0.15, 0.2) is 0 Å². The molecule has 1 aromatic rings. The molecule has 20 heavy (non-hydrogen) atoms. The maximum atomic E-state index is 4.17. The van der Waals surface area contributed by atoms with Gasteiger partial charge >= 0.3 is 0 Å². The summed E-state index contributed by atoms with van der Waals surface area (Å²) in [5.74, 6) is 1.06. The molecule has 0 heterocycles. The fourth-order valence-corrected chi connectivity index (χ4v) is 2.21. The van der Waals surface area contributed by atoms with Crippen molar-refractivity contribution in [3.05, 3.63) is 47.7 Å². The zero-order valence-corrected chi connectivity index (χ0v) is 13.7. The van der Waals surface area contributed by atoms with Crippen LogP contribution in [0.15, 0.2) is 36.5 Å². The highest BCUT2D eigenvalue weighted by Gasteiger charge is 2.09. The van der Waals surface area contributed by atoms with Crippen LogP contribution in [0.5, 0.6) is 0 Å². The van der Waals surface area contributed by atoms with Gasteiger partial charge in [-0.25, -0.2) is 0 Å². The zero-order chi connectivity index (χ0) is 15.1. The highest BCUT2D eigenvalue weighted by atomic mass is 15.1. The SMILES string of the molecule is C=C(NCCN(C)C)C(C)c1ccc(CC(C)C)cc1. The van der Waals surface area contributed by atoms with Crippen molar-refractivity contribution in [1.82, 2.24) is 10.2 Å².